The fourth-order valence-electron chi connectivity index (χ4n) is 3.15. The summed E-state index contributed by atoms with van der Waals surface area (Å²) < 4.78 is 0. The zero-order valence-corrected chi connectivity index (χ0v) is 13.6. The van der Waals surface area contributed by atoms with E-state index in [1.54, 1.807) is 6.07 Å². The van der Waals surface area contributed by atoms with Gasteiger partial charge in [-0.2, -0.15) is 0 Å². The van der Waals surface area contributed by atoms with E-state index >= 15 is 0 Å². The van der Waals surface area contributed by atoms with Gasteiger partial charge in [0, 0.05) is 24.5 Å². The number of alkyl halides is 1. The monoisotopic (exact) mass is 340 g/mol. The number of halogens is 1. The molecule has 0 aliphatic heterocycles. The molecule has 4 nitrogen and oxygen atoms in total. The number of nitrogens with zero attached hydrogens (tertiary/aromatic N) is 2. The summed E-state index contributed by atoms with van der Waals surface area (Å²) in [5, 5.41) is 12.0. The topological polar surface area (TPSA) is 46.4 Å². The Kier molecular flexibility index (Phi) is 5.02. The highest BCUT2D eigenvalue weighted by molar-refractivity contribution is 9.08. The molecule has 1 aliphatic carbocycles. The molecule has 1 aromatic rings. The minimum atomic E-state index is -0.272. The summed E-state index contributed by atoms with van der Waals surface area (Å²) in [6.07, 6.45) is 4.82. The normalized spacial score (nSPS) is 22.6. The number of rotatable bonds is 4. The first-order valence-electron chi connectivity index (χ1n) is 7.10. The lowest BCUT2D eigenvalue weighted by molar-refractivity contribution is -0.384. The number of benzene rings is 1. The maximum atomic E-state index is 11.3. The van der Waals surface area contributed by atoms with Gasteiger partial charge in [0.25, 0.3) is 5.69 Å². The maximum absolute atomic E-state index is 11.3. The van der Waals surface area contributed by atoms with Gasteiger partial charge in [0.15, 0.2) is 0 Å². The van der Waals surface area contributed by atoms with Crippen molar-refractivity contribution in [3.63, 3.8) is 0 Å². The van der Waals surface area contributed by atoms with E-state index < -0.39 is 0 Å². The molecule has 110 valence electrons. The van der Waals surface area contributed by atoms with Crippen LogP contribution in [0.25, 0.3) is 0 Å². The van der Waals surface area contributed by atoms with Crippen LogP contribution in [0.3, 0.4) is 0 Å². The summed E-state index contributed by atoms with van der Waals surface area (Å²) in [6.45, 7) is 2.25. The third-order valence-corrected chi connectivity index (χ3v) is 4.98. The fraction of sp³-hybridized carbons (Fsp3) is 0.600. The van der Waals surface area contributed by atoms with Crippen LogP contribution in [-0.4, -0.2) is 18.0 Å². The van der Waals surface area contributed by atoms with Crippen molar-refractivity contribution < 1.29 is 4.92 Å². The minimum absolute atomic E-state index is 0.210. The minimum Gasteiger partial charge on any atom is -0.366 e. The summed E-state index contributed by atoms with van der Waals surface area (Å²) >= 11 is 3.35. The number of hydrogen-bond acceptors (Lipinski definition) is 3. The van der Waals surface area contributed by atoms with Gasteiger partial charge in [-0.1, -0.05) is 41.8 Å². The Labute approximate surface area is 128 Å². The van der Waals surface area contributed by atoms with Crippen molar-refractivity contribution in [2.45, 2.75) is 44.0 Å². The lowest BCUT2D eigenvalue weighted by atomic mass is 9.85. The molecule has 1 aliphatic rings. The second-order valence-electron chi connectivity index (χ2n) is 5.65. The molecule has 0 bridgehead atoms. The molecule has 0 radical (unpaired) electrons. The van der Waals surface area contributed by atoms with E-state index in [0.29, 0.717) is 17.3 Å². The first-order chi connectivity index (χ1) is 9.54. The SMILES string of the molecule is CC1CCCCC1N(C)c1ccc(CBr)cc1[N+](=O)[O-]. The lowest BCUT2D eigenvalue weighted by Crippen LogP contribution is -2.39. The van der Waals surface area contributed by atoms with E-state index in [9.17, 15) is 10.1 Å². The summed E-state index contributed by atoms with van der Waals surface area (Å²) in [5.41, 5.74) is 1.88. The van der Waals surface area contributed by atoms with Crippen LogP contribution in [-0.2, 0) is 5.33 Å². The van der Waals surface area contributed by atoms with Gasteiger partial charge in [-0.15, -0.1) is 0 Å². The Morgan fingerprint density at radius 1 is 1.40 bits per heavy atom. The number of hydrogen-bond donors (Lipinski definition) is 0. The van der Waals surface area contributed by atoms with Crippen LogP contribution in [0.4, 0.5) is 11.4 Å². The Hall–Kier alpha value is -1.10. The van der Waals surface area contributed by atoms with Crippen molar-refractivity contribution in [1.29, 1.82) is 0 Å². The van der Waals surface area contributed by atoms with E-state index in [0.717, 1.165) is 17.7 Å². The Morgan fingerprint density at radius 2 is 2.10 bits per heavy atom. The van der Waals surface area contributed by atoms with Crippen LogP contribution in [0, 0.1) is 16.0 Å². The van der Waals surface area contributed by atoms with Gasteiger partial charge in [0.05, 0.1) is 4.92 Å². The zero-order valence-electron chi connectivity index (χ0n) is 12.0. The predicted octanol–water partition coefficient (Wildman–Crippen LogP) is 4.50. The number of anilines is 1. The molecule has 2 rings (SSSR count). The average molecular weight is 341 g/mol. The third-order valence-electron chi connectivity index (χ3n) is 4.33. The van der Waals surface area contributed by atoms with E-state index in [2.05, 4.69) is 27.8 Å². The summed E-state index contributed by atoms with van der Waals surface area (Å²) in [4.78, 5) is 13.2. The molecule has 0 N–H and O–H groups in total. The molecule has 0 spiro atoms. The van der Waals surface area contributed by atoms with Crippen molar-refractivity contribution in [3.05, 3.63) is 33.9 Å². The third kappa shape index (κ3) is 3.14. The van der Waals surface area contributed by atoms with E-state index in [1.165, 1.54) is 19.3 Å². The van der Waals surface area contributed by atoms with Gasteiger partial charge < -0.3 is 4.90 Å². The zero-order chi connectivity index (χ0) is 14.7. The second kappa shape index (κ2) is 6.57. The molecule has 2 unspecified atom stereocenters. The van der Waals surface area contributed by atoms with Crippen molar-refractivity contribution in [2.75, 3.05) is 11.9 Å². The number of nitro groups is 1. The summed E-state index contributed by atoms with van der Waals surface area (Å²) in [7, 11) is 1.99. The molecular weight excluding hydrogens is 320 g/mol. The van der Waals surface area contributed by atoms with Gasteiger partial charge in [0.1, 0.15) is 5.69 Å². The van der Waals surface area contributed by atoms with E-state index in [4.69, 9.17) is 0 Å². The second-order valence-corrected chi connectivity index (χ2v) is 6.21. The van der Waals surface area contributed by atoms with Crippen LogP contribution >= 0.6 is 15.9 Å². The quantitative estimate of drug-likeness (QED) is 0.460. The van der Waals surface area contributed by atoms with Crippen LogP contribution in [0.2, 0.25) is 0 Å². The van der Waals surface area contributed by atoms with Gasteiger partial charge in [-0.05, 0) is 30.4 Å². The Balaban J connectivity index is 2.33. The van der Waals surface area contributed by atoms with Crippen LogP contribution < -0.4 is 4.90 Å². The Morgan fingerprint density at radius 3 is 2.70 bits per heavy atom. The van der Waals surface area contributed by atoms with Gasteiger partial charge >= 0.3 is 0 Å². The molecule has 1 aromatic carbocycles. The summed E-state index contributed by atoms with van der Waals surface area (Å²) in [6, 6.07) is 5.92. The Bertz CT molecular complexity index is 493. The summed E-state index contributed by atoms with van der Waals surface area (Å²) in [5.74, 6) is 0.587. The van der Waals surface area contributed by atoms with Crippen molar-refractivity contribution in [3.8, 4) is 0 Å². The first kappa shape index (κ1) is 15.3. The largest absolute Gasteiger partial charge is 0.366 e. The van der Waals surface area contributed by atoms with E-state index in [-0.39, 0.29) is 10.6 Å². The van der Waals surface area contributed by atoms with E-state index in [1.807, 2.05) is 19.2 Å². The number of nitro benzene ring substituents is 1. The molecule has 1 fully saturated rings. The van der Waals surface area contributed by atoms with Crippen LogP contribution in [0.1, 0.15) is 38.2 Å². The molecule has 1 saturated carbocycles. The van der Waals surface area contributed by atoms with Gasteiger partial charge in [-0.3, -0.25) is 10.1 Å². The smallest absolute Gasteiger partial charge is 0.292 e. The highest BCUT2D eigenvalue weighted by Gasteiger charge is 2.28. The average Bonchev–Trinajstić information content (AvgIpc) is 2.46. The van der Waals surface area contributed by atoms with Crippen LogP contribution in [0.15, 0.2) is 18.2 Å². The molecule has 5 heteroatoms. The molecule has 2 atom stereocenters. The lowest BCUT2D eigenvalue weighted by Gasteiger charge is -2.37. The standard InChI is InChI=1S/C15H21BrN2O2/c1-11-5-3-4-6-13(11)17(2)14-8-7-12(10-16)9-15(14)18(19)20/h7-9,11,13H,3-6,10H2,1-2H3. The maximum Gasteiger partial charge on any atom is 0.292 e. The first-order valence-corrected chi connectivity index (χ1v) is 8.23. The molecule has 0 saturated heterocycles. The highest BCUT2D eigenvalue weighted by atomic mass is 79.9. The predicted molar refractivity (Wildman–Crippen MR) is 85.6 cm³/mol. The molecule has 0 heterocycles. The highest BCUT2D eigenvalue weighted by Crippen LogP contribution is 2.35. The van der Waals surface area contributed by atoms with Crippen molar-refractivity contribution in [2.24, 2.45) is 5.92 Å². The fourth-order valence-corrected chi connectivity index (χ4v) is 3.50. The van der Waals surface area contributed by atoms with Crippen molar-refractivity contribution >= 4 is 27.3 Å². The molecule has 0 aromatic heterocycles. The molecular formula is C15H21BrN2O2. The molecule has 20 heavy (non-hydrogen) atoms. The van der Waals surface area contributed by atoms with Gasteiger partial charge in [0.2, 0.25) is 0 Å². The van der Waals surface area contributed by atoms with Crippen molar-refractivity contribution in [1.82, 2.24) is 0 Å². The van der Waals surface area contributed by atoms with Gasteiger partial charge in [-0.25, -0.2) is 0 Å². The van der Waals surface area contributed by atoms with Crippen LogP contribution in [0.5, 0.6) is 0 Å². The molecule has 0 amide bonds.